The van der Waals surface area contributed by atoms with E-state index in [0.29, 0.717) is 32.8 Å². The number of alkyl halides is 3. The van der Waals surface area contributed by atoms with E-state index in [4.69, 9.17) is 4.74 Å². The van der Waals surface area contributed by atoms with Crippen molar-refractivity contribution in [3.8, 4) is 0 Å². The molecule has 1 heterocycles. The van der Waals surface area contributed by atoms with Crippen molar-refractivity contribution in [2.75, 3.05) is 39.4 Å². The van der Waals surface area contributed by atoms with Gasteiger partial charge < -0.3 is 15.2 Å². The highest BCUT2D eigenvalue weighted by Crippen LogP contribution is 2.30. The first-order valence-corrected chi connectivity index (χ1v) is 11.8. The molecule has 10 heteroatoms. The van der Waals surface area contributed by atoms with Crippen molar-refractivity contribution >= 4 is 10.0 Å². The van der Waals surface area contributed by atoms with E-state index in [1.807, 2.05) is 6.92 Å². The standard InChI is InChI=1S/C22H27F3N2O4S/c1-16(14-26-15-21(28)18-3-2-4-19(13-18)22(23,24)25)17-5-7-20(8-6-17)32(29,30)27-9-11-31-12-10-27/h2-8,13,16,21,26,28H,9-12,14-15H2,1H3. The Morgan fingerprint density at radius 3 is 2.34 bits per heavy atom. The summed E-state index contributed by atoms with van der Waals surface area (Å²) in [5.41, 5.74) is 0.305. The maximum atomic E-state index is 12.8. The number of nitrogens with zero attached hydrogens (tertiary/aromatic N) is 1. The van der Waals surface area contributed by atoms with Gasteiger partial charge in [-0.1, -0.05) is 31.2 Å². The molecule has 0 bridgehead atoms. The number of rotatable bonds is 8. The molecule has 1 aliphatic heterocycles. The van der Waals surface area contributed by atoms with Gasteiger partial charge in [-0.3, -0.25) is 0 Å². The third-order valence-electron chi connectivity index (χ3n) is 5.44. The first-order valence-electron chi connectivity index (χ1n) is 10.3. The zero-order valence-corrected chi connectivity index (χ0v) is 18.5. The number of aliphatic hydroxyl groups is 1. The van der Waals surface area contributed by atoms with Crippen molar-refractivity contribution < 1.29 is 31.4 Å². The van der Waals surface area contributed by atoms with Gasteiger partial charge in [0.2, 0.25) is 10.0 Å². The molecule has 2 aromatic rings. The molecular weight excluding hydrogens is 445 g/mol. The number of hydrogen-bond donors (Lipinski definition) is 2. The predicted octanol–water partition coefficient (Wildman–Crippen LogP) is 3.15. The van der Waals surface area contributed by atoms with Crippen LogP contribution in [0.1, 0.15) is 35.6 Å². The van der Waals surface area contributed by atoms with Crippen molar-refractivity contribution in [1.29, 1.82) is 0 Å². The Labute approximate surface area is 186 Å². The quantitative estimate of drug-likeness (QED) is 0.617. The molecule has 0 aliphatic carbocycles. The SMILES string of the molecule is CC(CNCC(O)c1cccc(C(F)(F)F)c1)c1ccc(S(=O)(=O)N2CCOCC2)cc1. The Morgan fingerprint density at radius 1 is 1.06 bits per heavy atom. The highest BCUT2D eigenvalue weighted by atomic mass is 32.2. The average molecular weight is 473 g/mol. The molecule has 176 valence electrons. The van der Waals surface area contributed by atoms with E-state index in [0.717, 1.165) is 17.7 Å². The molecule has 0 amide bonds. The van der Waals surface area contributed by atoms with Crippen LogP contribution in [-0.2, 0) is 20.9 Å². The lowest BCUT2D eigenvalue weighted by molar-refractivity contribution is -0.137. The van der Waals surface area contributed by atoms with Crippen LogP contribution in [0.25, 0.3) is 0 Å². The number of morpholine rings is 1. The van der Waals surface area contributed by atoms with Gasteiger partial charge in [0, 0.05) is 26.2 Å². The lowest BCUT2D eigenvalue weighted by Crippen LogP contribution is -2.40. The number of benzene rings is 2. The Morgan fingerprint density at radius 2 is 1.72 bits per heavy atom. The maximum absolute atomic E-state index is 12.8. The summed E-state index contributed by atoms with van der Waals surface area (Å²) in [4.78, 5) is 0.225. The molecule has 0 radical (unpaired) electrons. The van der Waals surface area contributed by atoms with Crippen LogP contribution in [0, 0.1) is 0 Å². The van der Waals surface area contributed by atoms with Gasteiger partial charge in [-0.2, -0.15) is 17.5 Å². The monoisotopic (exact) mass is 472 g/mol. The van der Waals surface area contributed by atoms with Gasteiger partial charge in [-0.05, 0) is 41.3 Å². The van der Waals surface area contributed by atoms with Crippen LogP contribution in [0.3, 0.4) is 0 Å². The summed E-state index contributed by atoms with van der Waals surface area (Å²) in [6, 6.07) is 11.3. The normalized spacial score (nSPS) is 17.8. The summed E-state index contributed by atoms with van der Waals surface area (Å²) >= 11 is 0. The summed E-state index contributed by atoms with van der Waals surface area (Å²) in [7, 11) is -3.55. The average Bonchev–Trinajstić information content (AvgIpc) is 2.79. The molecule has 2 aromatic carbocycles. The summed E-state index contributed by atoms with van der Waals surface area (Å²) < 4.78 is 70.5. The highest BCUT2D eigenvalue weighted by Gasteiger charge is 2.31. The number of ether oxygens (including phenoxy) is 1. The predicted molar refractivity (Wildman–Crippen MR) is 114 cm³/mol. The van der Waals surface area contributed by atoms with Crippen LogP contribution < -0.4 is 5.32 Å². The van der Waals surface area contributed by atoms with Crippen LogP contribution in [0.15, 0.2) is 53.4 Å². The van der Waals surface area contributed by atoms with Crippen LogP contribution in [0.4, 0.5) is 13.2 Å². The summed E-state index contributed by atoms with van der Waals surface area (Å²) in [6.07, 6.45) is -5.54. The van der Waals surface area contributed by atoms with Crippen LogP contribution in [0.2, 0.25) is 0 Å². The second kappa shape index (κ2) is 10.3. The smallest absolute Gasteiger partial charge is 0.387 e. The Hall–Kier alpha value is -1.98. The van der Waals surface area contributed by atoms with Crippen LogP contribution in [0.5, 0.6) is 0 Å². The molecule has 3 rings (SSSR count). The third kappa shape index (κ3) is 6.08. The van der Waals surface area contributed by atoms with Crippen molar-refractivity contribution in [3.63, 3.8) is 0 Å². The van der Waals surface area contributed by atoms with E-state index in [1.54, 1.807) is 24.3 Å². The molecule has 0 aromatic heterocycles. The summed E-state index contributed by atoms with van der Waals surface area (Å²) in [6.45, 7) is 3.92. The van der Waals surface area contributed by atoms with E-state index >= 15 is 0 Å². The Bertz CT molecular complexity index is 991. The number of hydrogen-bond acceptors (Lipinski definition) is 5. The minimum absolute atomic E-state index is 0.00357. The molecule has 0 spiro atoms. The third-order valence-corrected chi connectivity index (χ3v) is 7.36. The lowest BCUT2D eigenvalue weighted by Gasteiger charge is -2.26. The van der Waals surface area contributed by atoms with Crippen molar-refractivity contribution in [1.82, 2.24) is 9.62 Å². The molecule has 2 N–H and O–H groups in total. The number of sulfonamides is 1. The second-order valence-electron chi connectivity index (χ2n) is 7.78. The number of halogens is 3. The molecule has 2 atom stereocenters. The van der Waals surface area contributed by atoms with Crippen LogP contribution in [-0.4, -0.2) is 57.2 Å². The fraction of sp³-hybridized carbons (Fsp3) is 0.455. The molecule has 6 nitrogen and oxygen atoms in total. The minimum atomic E-state index is -4.46. The van der Waals surface area contributed by atoms with Gasteiger partial charge >= 0.3 is 6.18 Å². The topological polar surface area (TPSA) is 78.9 Å². The van der Waals surface area contributed by atoms with E-state index in [1.165, 1.54) is 16.4 Å². The van der Waals surface area contributed by atoms with Gasteiger partial charge in [0.1, 0.15) is 0 Å². The largest absolute Gasteiger partial charge is 0.416 e. The highest BCUT2D eigenvalue weighted by molar-refractivity contribution is 7.89. The van der Waals surface area contributed by atoms with E-state index in [2.05, 4.69) is 5.32 Å². The number of aliphatic hydroxyl groups excluding tert-OH is 1. The molecular formula is C22H27F3N2O4S. The zero-order chi connectivity index (χ0) is 23.4. The zero-order valence-electron chi connectivity index (χ0n) is 17.7. The lowest BCUT2D eigenvalue weighted by atomic mass is 10.0. The first-order chi connectivity index (χ1) is 15.1. The van der Waals surface area contributed by atoms with E-state index < -0.39 is 27.9 Å². The van der Waals surface area contributed by atoms with Crippen molar-refractivity contribution in [3.05, 3.63) is 65.2 Å². The van der Waals surface area contributed by atoms with Crippen LogP contribution >= 0.6 is 0 Å². The van der Waals surface area contributed by atoms with E-state index in [9.17, 15) is 26.7 Å². The molecule has 2 unspecified atom stereocenters. The van der Waals surface area contributed by atoms with Gasteiger partial charge in [0.15, 0.2) is 0 Å². The number of nitrogens with one attached hydrogen (secondary N) is 1. The van der Waals surface area contributed by atoms with Gasteiger partial charge in [-0.15, -0.1) is 0 Å². The molecule has 0 saturated carbocycles. The van der Waals surface area contributed by atoms with Crippen molar-refractivity contribution in [2.45, 2.75) is 30.0 Å². The Balaban J connectivity index is 1.54. The van der Waals surface area contributed by atoms with Gasteiger partial charge in [0.25, 0.3) is 0 Å². The van der Waals surface area contributed by atoms with Crippen molar-refractivity contribution in [2.24, 2.45) is 0 Å². The first kappa shape index (κ1) is 24.7. The van der Waals surface area contributed by atoms with Gasteiger partial charge in [0.05, 0.1) is 29.8 Å². The summed E-state index contributed by atoms with van der Waals surface area (Å²) in [5, 5.41) is 13.3. The molecule has 1 saturated heterocycles. The van der Waals surface area contributed by atoms with Gasteiger partial charge in [-0.25, -0.2) is 8.42 Å². The molecule has 32 heavy (non-hydrogen) atoms. The van der Waals surface area contributed by atoms with E-state index in [-0.39, 0.29) is 22.9 Å². The fourth-order valence-electron chi connectivity index (χ4n) is 3.50. The summed E-state index contributed by atoms with van der Waals surface area (Å²) in [5.74, 6) is 0.00357. The second-order valence-corrected chi connectivity index (χ2v) is 9.72. The molecule has 1 aliphatic rings. The Kier molecular flexibility index (Phi) is 7.94. The maximum Gasteiger partial charge on any atom is 0.416 e. The molecule has 1 fully saturated rings. The fourth-order valence-corrected chi connectivity index (χ4v) is 4.91. The minimum Gasteiger partial charge on any atom is -0.387 e.